The lowest BCUT2D eigenvalue weighted by atomic mass is 10.0. The molecule has 0 aromatic heterocycles. The van der Waals surface area contributed by atoms with E-state index < -0.39 is 12.1 Å². The Hall–Kier alpha value is -1.92. The van der Waals surface area contributed by atoms with Gasteiger partial charge in [-0.2, -0.15) is 0 Å². The molecule has 0 fully saturated rings. The van der Waals surface area contributed by atoms with Crippen LogP contribution in [-0.4, -0.2) is 47.4 Å². The first kappa shape index (κ1) is 69.1. The average molecular weight is 999 g/mol. The molecule has 0 aromatic rings. The molecular formula is C65H123NO5. The van der Waals surface area contributed by atoms with Gasteiger partial charge in [0.25, 0.3) is 0 Å². The van der Waals surface area contributed by atoms with Crippen LogP contribution in [0.4, 0.5) is 0 Å². The van der Waals surface area contributed by atoms with Gasteiger partial charge < -0.3 is 20.3 Å². The normalized spacial score (nSPS) is 12.8. The van der Waals surface area contributed by atoms with E-state index in [0.717, 1.165) is 51.4 Å². The third-order valence-electron chi connectivity index (χ3n) is 14.7. The summed E-state index contributed by atoms with van der Waals surface area (Å²) in [6.45, 7) is 4.87. The molecule has 1 amide bonds. The second-order valence-electron chi connectivity index (χ2n) is 21.7. The van der Waals surface area contributed by atoms with Crippen LogP contribution in [0.2, 0.25) is 0 Å². The van der Waals surface area contributed by atoms with Crippen molar-refractivity contribution in [1.29, 1.82) is 0 Å². The average Bonchev–Trinajstić information content (AvgIpc) is 3.37. The van der Waals surface area contributed by atoms with Crippen molar-refractivity contribution in [2.45, 2.75) is 353 Å². The SMILES string of the molecule is CCCC/C=C\C/C=C\CCCCCCCC(=O)OCCCCCCCCCCCCCCCCCCCCCCCCCCCC(=O)NC(CO)C(O)/C=C/CCCCCCCCCCCCCCC. The van der Waals surface area contributed by atoms with Gasteiger partial charge in [-0.1, -0.05) is 307 Å². The lowest BCUT2D eigenvalue weighted by Crippen LogP contribution is -2.45. The number of unbranched alkanes of at least 4 members (excludes halogenated alkanes) is 44. The van der Waals surface area contributed by atoms with Gasteiger partial charge in [0.1, 0.15) is 0 Å². The fourth-order valence-electron chi connectivity index (χ4n) is 9.77. The fraction of sp³-hybridized carbons (Fsp3) is 0.877. The quantitative estimate of drug-likeness (QED) is 0.0321. The lowest BCUT2D eigenvalue weighted by molar-refractivity contribution is -0.143. The highest BCUT2D eigenvalue weighted by molar-refractivity contribution is 5.76. The number of allylic oxidation sites excluding steroid dienone is 5. The molecule has 0 rings (SSSR count). The summed E-state index contributed by atoms with van der Waals surface area (Å²) in [5.41, 5.74) is 0. The van der Waals surface area contributed by atoms with Gasteiger partial charge in [0.2, 0.25) is 5.91 Å². The minimum absolute atomic E-state index is 0.00131. The number of carbonyl (C=O) groups is 2. The van der Waals surface area contributed by atoms with Crippen LogP contribution in [0, 0.1) is 0 Å². The maximum atomic E-state index is 12.5. The highest BCUT2D eigenvalue weighted by atomic mass is 16.5. The molecule has 418 valence electrons. The van der Waals surface area contributed by atoms with E-state index in [1.807, 2.05) is 6.08 Å². The van der Waals surface area contributed by atoms with Crippen molar-refractivity contribution in [3.63, 3.8) is 0 Å². The third-order valence-corrected chi connectivity index (χ3v) is 14.7. The van der Waals surface area contributed by atoms with Crippen molar-refractivity contribution in [3.05, 3.63) is 36.5 Å². The van der Waals surface area contributed by atoms with Crippen LogP contribution in [-0.2, 0) is 14.3 Å². The molecule has 0 aliphatic heterocycles. The summed E-state index contributed by atoms with van der Waals surface area (Å²) >= 11 is 0. The van der Waals surface area contributed by atoms with Crippen molar-refractivity contribution < 1.29 is 24.5 Å². The number of hydrogen-bond donors (Lipinski definition) is 3. The van der Waals surface area contributed by atoms with E-state index >= 15 is 0 Å². The first-order valence-electron chi connectivity index (χ1n) is 31.8. The van der Waals surface area contributed by atoms with E-state index in [0.29, 0.717) is 19.4 Å². The Balaban J connectivity index is 3.38. The number of ether oxygens (including phenoxy) is 1. The van der Waals surface area contributed by atoms with Gasteiger partial charge in [-0.25, -0.2) is 0 Å². The maximum absolute atomic E-state index is 12.5. The molecule has 0 aromatic carbocycles. The van der Waals surface area contributed by atoms with E-state index in [1.54, 1.807) is 6.08 Å². The Morgan fingerprint density at radius 3 is 1.11 bits per heavy atom. The zero-order valence-electron chi connectivity index (χ0n) is 47.7. The maximum Gasteiger partial charge on any atom is 0.305 e. The van der Waals surface area contributed by atoms with Crippen molar-refractivity contribution in [2.75, 3.05) is 13.2 Å². The van der Waals surface area contributed by atoms with Gasteiger partial charge in [0.15, 0.2) is 0 Å². The standard InChI is InChI=1S/C65H123NO5/c1-3-5-7-9-11-13-15-17-30-33-37-41-45-49-53-57-63(68)62(61-67)66-64(69)58-54-50-46-42-38-34-31-28-26-24-22-20-19-21-23-25-27-29-32-36-40-44-48-52-56-60-71-65(70)59-55-51-47-43-39-35-18-16-14-12-10-8-6-4-2/h10,12,16,18,53,57,62-63,67-68H,3-9,11,13-15,17,19-52,54-56,58-61H2,1-2H3,(H,66,69)/b12-10-,18-16-,57-53+. The van der Waals surface area contributed by atoms with Gasteiger partial charge in [0.05, 0.1) is 25.4 Å². The van der Waals surface area contributed by atoms with E-state index in [2.05, 4.69) is 43.5 Å². The molecule has 0 bridgehead atoms. The summed E-state index contributed by atoms with van der Waals surface area (Å²) in [5.74, 6) is -0.0637. The van der Waals surface area contributed by atoms with Crippen molar-refractivity contribution in [1.82, 2.24) is 5.32 Å². The number of aliphatic hydroxyl groups excluding tert-OH is 2. The molecule has 3 N–H and O–H groups in total. The molecule has 0 saturated heterocycles. The molecule has 0 aliphatic rings. The van der Waals surface area contributed by atoms with Crippen LogP contribution in [0.1, 0.15) is 341 Å². The summed E-state index contributed by atoms with van der Waals surface area (Å²) < 4.78 is 5.48. The van der Waals surface area contributed by atoms with Crippen LogP contribution in [0.15, 0.2) is 36.5 Å². The number of hydrogen-bond acceptors (Lipinski definition) is 5. The molecule has 0 heterocycles. The molecule has 6 heteroatoms. The number of rotatable bonds is 59. The summed E-state index contributed by atoms with van der Waals surface area (Å²) in [6, 6.07) is -0.626. The number of aliphatic hydroxyl groups is 2. The van der Waals surface area contributed by atoms with Gasteiger partial charge in [-0.05, 0) is 57.8 Å². The molecule has 2 atom stereocenters. The van der Waals surface area contributed by atoms with Crippen LogP contribution >= 0.6 is 0 Å². The van der Waals surface area contributed by atoms with Gasteiger partial charge in [-0.15, -0.1) is 0 Å². The van der Waals surface area contributed by atoms with Crippen molar-refractivity contribution in [3.8, 4) is 0 Å². The molecule has 0 saturated carbocycles. The zero-order chi connectivity index (χ0) is 51.4. The first-order valence-corrected chi connectivity index (χ1v) is 31.8. The molecule has 0 radical (unpaired) electrons. The number of esters is 1. The third kappa shape index (κ3) is 57.2. The summed E-state index contributed by atoms with van der Waals surface area (Å²) in [5, 5.41) is 23.1. The minimum Gasteiger partial charge on any atom is -0.466 e. The molecule has 71 heavy (non-hydrogen) atoms. The van der Waals surface area contributed by atoms with E-state index in [4.69, 9.17) is 4.74 Å². The number of amides is 1. The lowest BCUT2D eigenvalue weighted by Gasteiger charge is -2.20. The van der Waals surface area contributed by atoms with Crippen molar-refractivity contribution in [2.24, 2.45) is 0 Å². The van der Waals surface area contributed by atoms with Gasteiger partial charge >= 0.3 is 5.97 Å². The Labute approximate surface area is 443 Å². The Morgan fingerprint density at radius 1 is 0.394 bits per heavy atom. The fourth-order valence-corrected chi connectivity index (χ4v) is 9.77. The predicted molar refractivity (Wildman–Crippen MR) is 310 cm³/mol. The summed E-state index contributed by atoms with van der Waals surface area (Å²) in [6.07, 6.45) is 76.2. The second-order valence-corrected chi connectivity index (χ2v) is 21.7. The van der Waals surface area contributed by atoms with Crippen LogP contribution < -0.4 is 5.32 Å². The van der Waals surface area contributed by atoms with E-state index in [1.165, 1.54) is 263 Å². The smallest absolute Gasteiger partial charge is 0.305 e. The molecule has 6 nitrogen and oxygen atoms in total. The summed E-state index contributed by atoms with van der Waals surface area (Å²) in [7, 11) is 0. The van der Waals surface area contributed by atoms with E-state index in [-0.39, 0.29) is 18.5 Å². The Morgan fingerprint density at radius 2 is 0.718 bits per heavy atom. The van der Waals surface area contributed by atoms with Crippen LogP contribution in [0.25, 0.3) is 0 Å². The minimum atomic E-state index is -0.843. The second kappa shape index (κ2) is 60.6. The number of nitrogens with one attached hydrogen (secondary N) is 1. The van der Waals surface area contributed by atoms with E-state index in [9.17, 15) is 19.8 Å². The monoisotopic (exact) mass is 998 g/mol. The Kier molecular flexibility index (Phi) is 59.0. The molecule has 0 aliphatic carbocycles. The Bertz CT molecular complexity index is 1150. The first-order chi connectivity index (χ1) is 35.0. The number of carbonyl (C=O) groups excluding carboxylic acids is 2. The highest BCUT2D eigenvalue weighted by Crippen LogP contribution is 2.18. The topological polar surface area (TPSA) is 95.9 Å². The predicted octanol–water partition coefficient (Wildman–Crippen LogP) is 20.0. The molecule has 0 spiro atoms. The van der Waals surface area contributed by atoms with Gasteiger partial charge in [0, 0.05) is 12.8 Å². The molecule has 2 unspecified atom stereocenters. The van der Waals surface area contributed by atoms with Crippen LogP contribution in [0.3, 0.4) is 0 Å². The highest BCUT2D eigenvalue weighted by Gasteiger charge is 2.18. The summed E-state index contributed by atoms with van der Waals surface area (Å²) in [4.78, 5) is 24.5. The zero-order valence-corrected chi connectivity index (χ0v) is 47.7. The molecular weight excluding hydrogens is 875 g/mol. The largest absolute Gasteiger partial charge is 0.466 e. The van der Waals surface area contributed by atoms with Gasteiger partial charge in [-0.3, -0.25) is 9.59 Å². The van der Waals surface area contributed by atoms with Crippen molar-refractivity contribution >= 4 is 11.9 Å². The van der Waals surface area contributed by atoms with Crippen LogP contribution in [0.5, 0.6) is 0 Å².